The van der Waals surface area contributed by atoms with Gasteiger partial charge in [0.25, 0.3) is 5.91 Å². The Bertz CT molecular complexity index is 786. The maximum absolute atomic E-state index is 13.2. The molecule has 1 aliphatic carbocycles. The number of fused-ring (bicyclic) bond motifs is 1. The summed E-state index contributed by atoms with van der Waals surface area (Å²) in [5.74, 6) is -0.317. The van der Waals surface area contributed by atoms with Crippen molar-refractivity contribution in [3.8, 4) is 5.75 Å². The fraction of sp³-hybridized carbons (Fsp3) is 0.222. The van der Waals surface area contributed by atoms with E-state index >= 15 is 0 Å². The fourth-order valence-corrected chi connectivity index (χ4v) is 2.84. The van der Waals surface area contributed by atoms with Crippen molar-refractivity contribution in [2.75, 3.05) is 0 Å². The molecule has 118 valence electrons. The molecule has 2 aromatic rings. The Balaban J connectivity index is 1.84. The second-order valence-corrected chi connectivity index (χ2v) is 5.86. The van der Waals surface area contributed by atoms with Crippen LogP contribution in [-0.2, 0) is 6.42 Å². The first kappa shape index (κ1) is 15.2. The molecule has 0 fully saturated rings. The van der Waals surface area contributed by atoms with E-state index in [1.807, 2.05) is 6.07 Å². The van der Waals surface area contributed by atoms with E-state index in [1.54, 1.807) is 12.1 Å². The van der Waals surface area contributed by atoms with Gasteiger partial charge in [0.15, 0.2) is 0 Å². The Labute approximate surface area is 133 Å². The summed E-state index contributed by atoms with van der Waals surface area (Å²) in [5, 5.41) is 13.8. The Morgan fingerprint density at radius 3 is 2.87 bits per heavy atom. The van der Waals surface area contributed by atoms with Crippen molar-refractivity contribution in [1.29, 1.82) is 0 Å². The minimum atomic E-state index is -0.461. The van der Waals surface area contributed by atoms with Gasteiger partial charge in [-0.3, -0.25) is 4.79 Å². The molecule has 0 bridgehead atoms. The summed E-state index contributed by atoms with van der Waals surface area (Å²) >= 11 is 0. The number of hydrogen-bond donors (Lipinski definition) is 2. The van der Waals surface area contributed by atoms with Gasteiger partial charge in [-0.25, -0.2) is 9.82 Å². The Hall–Kier alpha value is -2.69. The average molecular weight is 312 g/mol. The van der Waals surface area contributed by atoms with Crippen LogP contribution in [0, 0.1) is 11.7 Å². The topological polar surface area (TPSA) is 61.7 Å². The van der Waals surface area contributed by atoms with Crippen LogP contribution in [0.2, 0.25) is 0 Å². The molecule has 0 unspecified atom stereocenters. The molecule has 1 aliphatic rings. The minimum absolute atomic E-state index is 0.223. The van der Waals surface area contributed by atoms with E-state index < -0.39 is 11.7 Å². The number of hydrazone groups is 1. The van der Waals surface area contributed by atoms with Gasteiger partial charge in [-0.2, -0.15) is 5.10 Å². The first-order chi connectivity index (χ1) is 11.0. The summed E-state index contributed by atoms with van der Waals surface area (Å²) in [6.45, 7) is 2.09. The molecular weight excluding hydrogens is 295 g/mol. The Morgan fingerprint density at radius 1 is 1.26 bits per heavy atom. The highest BCUT2D eigenvalue weighted by Gasteiger charge is 2.21. The van der Waals surface area contributed by atoms with Crippen LogP contribution in [0.3, 0.4) is 0 Å². The second kappa shape index (κ2) is 6.20. The van der Waals surface area contributed by atoms with Crippen LogP contribution < -0.4 is 5.43 Å². The van der Waals surface area contributed by atoms with Crippen LogP contribution in [0.5, 0.6) is 5.75 Å². The Morgan fingerprint density at radius 2 is 2.09 bits per heavy atom. The number of benzene rings is 2. The molecule has 0 radical (unpaired) electrons. The van der Waals surface area contributed by atoms with E-state index in [0.29, 0.717) is 5.92 Å². The number of carbonyl (C=O) groups excluding carboxylic acids is 1. The van der Waals surface area contributed by atoms with Gasteiger partial charge >= 0.3 is 0 Å². The number of hydrogen-bond acceptors (Lipinski definition) is 3. The monoisotopic (exact) mass is 312 g/mol. The van der Waals surface area contributed by atoms with Crippen molar-refractivity contribution >= 4 is 11.6 Å². The van der Waals surface area contributed by atoms with Gasteiger partial charge in [0.05, 0.1) is 5.71 Å². The zero-order valence-corrected chi connectivity index (χ0v) is 12.7. The van der Waals surface area contributed by atoms with Crippen molar-refractivity contribution in [1.82, 2.24) is 5.43 Å². The number of halogens is 1. The minimum Gasteiger partial charge on any atom is -0.508 e. The van der Waals surface area contributed by atoms with Crippen LogP contribution in [-0.4, -0.2) is 16.7 Å². The number of carbonyl (C=O) groups is 1. The predicted octanol–water partition coefficient (Wildman–Crippen LogP) is 3.25. The zero-order valence-electron chi connectivity index (χ0n) is 12.7. The quantitative estimate of drug-likeness (QED) is 0.836. The third kappa shape index (κ3) is 3.39. The lowest BCUT2D eigenvalue weighted by Crippen LogP contribution is -2.24. The lowest BCUT2D eigenvalue weighted by atomic mass is 9.83. The molecule has 4 nitrogen and oxygen atoms in total. The molecule has 0 heterocycles. The summed E-state index contributed by atoms with van der Waals surface area (Å²) in [6, 6.07) is 10.6. The van der Waals surface area contributed by atoms with E-state index in [0.717, 1.165) is 29.7 Å². The summed E-state index contributed by atoms with van der Waals surface area (Å²) < 4.78 is 13.2. The molecule has 1 amide bonds. The van der Waals surface area contributed by atoms with Gasteiger partial charge in [-0.15, -0.1) is 0 Å². The van der Waals surface area contributed by atoms with Crippen molar-refractivity contribution in [2.24, 2.45) is 11.0 Å². The first-order valence-corrected chi connectivity index (χ1v) is 7.47. The van der Waals surface area contributed by atoms with Crippen LogP contribution in [0.1, 0.15) is 34.8 Å². The maximum atomic E-state index is 13.2. The number of amides is 1. The average Bonchev–Trinajstić information content (AvgIpc) is 2.51. The lowest BCUT2D eigenvalue weighted by molar-refractivity contribution is 0.0954. The van der Waals surface area contributed by atoms with E-state index in [2.05, 4.69) is 17.5 Å². The number of rotatable bonds is 2. The number of nitrogens with one attached hydrogen (secondary N) is 1. The number of nitrogens with zero attached hydrogens (tertiary/aromatic N) is 1. The molecule has 2 aromatic carbocycles. The van der Waals surface area contributed by atoms with Crippen LogP contribution in [0.25, 0.3) is 0 Å². The standard InChI is InChI=1S/C18H17FN2O2/c1-11-7-13-10-15(22)5-6-16(13)17(8-11)20-21-18(23)12-3-2-4-14(19)9-12/h2-6,9-11,22H,7-8H2,1H3,(H,21,23)/t11-/m1/s1. The maximum Gasteiger partial charge on any atom is 0.271 e. The van der Waals surface area contributed by atoms with Crippen molar-refractivity contribution in [3.05, 3.63) is 65.0 Å². The van der Waals surface area contributed by atoms with Gasteiger partial charge in [0, 0.05) is 11.1 Å². The number of aromatic hydroxyl groups is 1. The van der Waals surface area contributed by atoms with Crippen molar-refractivity contribution in [3.63, 3.8) is 0 Å². The molecule has 0 spiro atoms. The highest BCUT2D eigenvalue weighted by Crippen LogP contribution is 2.28. The lowest BCUT2D eigenvalue weighted by Gasteiger charge is -2.23. The first-order valence-electron chi connectivity index (χ1n) is 7.47. The summed E-state index contributed by atoms with van der Waals surface area (Å²) in [6.07, 6.45) is 1.60. The molecule has 3 rings (SSSR count). The molecule has 2 N–H and O–H groups in total. The van der Waals surface area contributed by atoms with Crippen molar-refractivity contribution in [2.45, 2.75) is 19.8 Å². The van der Waals surface area contributed by atoms with E-state index in [1.165, 1.54) is 24.3 Å². The van der Waals surface area contributed by atoms with Gasteiger partial charge in [-0.05, 0) is 60.7 Å². The summed E-state index contributed by atoms with van der Waals surface area (Å²) in [4.78, 5) is 12.1. The van der Waals surface area contributed by atoms with Gasteiger partial charge in [-0.1, -0.05) is 13.0 Å². The molecule has 5 heteroatoms. The molecule has 0 aliphatic heterocycles. The summed E-state index contributed by atoms with van der Waals surface area (Å²) in [5.41, 5.74) is 5.43. The third-order valence-electron chi connectivity index (χ3n) is 3.89. The fourth-order valence-electron chi connectivity index (χ4n) is 2.84. The van der Waals surface area contributed by atoms with Crippen LogP contribution in [0.4, 0.5) is 4.39 Å². The smallest absolute Gasteiger partial charge is 0.271 e. The molecule has 23 heavy (non-hydrogen) atoms. The molecule has 1 atom stereocenters. The normalized spacial score (nSPS) is 18.5. The third-order valence-corrected chi connectivity index (χ3v) is 3.89. The van der Waals surface area contributed by atoms with Crippen LogP contribution >= 0.6 is 0 Å². The highest BCUT2D eigenvalue weighted by atomic mass is 19.1. The number of phenols is 1. The summed E-state index contributed by atoms with van der Waals surface area (Å²) in [7, 11) is 0. The molecule has 0 saturated carbocycles. The number of phenolic OH excluding ortho intramolecular Hbond substituents is 1. The predicted molar refractivity (Wildman–Crippen MR) is 86.0 cm³/mol. The van der Waals surface area contributed by atoms with E-state index in [-0.39, 0.29) is 11.3 Å². The van der Waals surface area contributed by atoms with E-state index in [4.69, 9.17) is 0 Å². The van der Waals surface area contributed by atoms with Crippen LogP contribution in [0.15, 0.2) is 47.6 Å². The second-order valence-electron chi connectivity index (χ2n) is 5.86. The molecule has 0 aromatic heterocycles. The zero-order chi connectivity index (χ0) is 16.4. The van der Waals surface area contributed by atoms with Gasteiger partial charge < -0.3 is 5.11 Å². The molecule has 0 saturated heterocycles. The highest BCUT2D eigenvalue weighted by molar-refractivity contribution is 6.04. The Kier molecular flexibility index (Phi) is 4.10. The van der Waals surface area contributed by atoms with Gasteiger partial charge in [0.1, 0.15) is 11.6 Å². The van der Waals surface area contributed by atoms with Gasteiger partial charge in [0.2, 0.25) is 0 Å². The van der Waals surface area contributed by atoms with E-state index in [9.17, 15) is 14.3 Å². The largest absolute Gasteiger partial charge is 0.508 e. The SMILES string of the molecule is C[C@H]1CC(=NNC(=O)c2cccc(F)c2)c2ccc(O)cc2C1. The van der Waals surface area contributed by atoms with Crippen molar-refractivity contribution < 1.29 is 14.3 Å². The molecular formula is C18H17FN2O2.